The van der Waals surface area contributed by atoms with E-state index in [9.17, 15) is 0 Å². The van der Waals surface area contributed by atoms with E-state index in [1.165, 1.54) is 5.56 Å². The topological polar surface area (TPSA) is 30.5 Å². The van der Waals surface area contributed by atoms with Crippen molar-refractivity contribution in [2.24, 2.45) is 0 Å². The molecule has 0 fully saturated rings. The maximum Gasteiger partial charge on any atom is 0.162 e. The smallest absolute Gasteiger partial charge is 0.162 e. The quantitative estimate of drug-likeness (QED) is 0.348. The molecule has 0 aromatic heterocycles. The van der Waals surface area contributed by atoms with Crippen LogP contribution in [0.4, 0.5) is 5.69 Å². The van der Waals surface area contributed by atoms with Crippen molar-refractivity contribution in [2.75, 3.05) is 11.9 Å². The number of hydrogen-bond donors (Lipinski definition) is 1. The molecule has 29 heavy (non-hydrogen) atoms. The minimum atomic E-state index is 0.478. The highest BCUT2D eigenvalue weighted by Gasteiger charge is 2.12. The molecular formula is C23H22BrCl2NO2. The third-order valence-electron chi connectivity index (χ3n) is 4.29. The van der Waals surface area contributed by atoms with Gasteiger partial charge in [-0.2, -0.15) is 0 Å². The Morgan fingerprint density at radius 2 is 1.76 bits per heavy atom. The van der Waals surface area contributed by atoms with Gasteiger partial charge in [0.25, 0.3) is 0 Å². The third kappa shape index (κ3) is 6.05. The Kier molecular flexibility index (Phi) is 7.70. The Morgan fingerprint density at radius 1 is 0.966 bits per heavy atom. The Hall–Kier alpha value is -1.88. The van der Waals surface area contributed by atoms with Crippen LogP contribution in [0.3, 0.4) is 0 Å². The Bertz CT molecular complexity index is 995. The molecule has 0 heterocycles. The number of aryl methyl sites for hydroxylation is 1. The number of anilines is 1. The molecule has 3 rings (SSSR count). The number of halogens is 3. The normalized spacial score (nSPS) is 10.7. The van der Waals surface area contributed by atoms with Crippen LogP contribution in [-0.4, -0.2) is 6.61 Å². The van der Waals surface area contributed by atoms with Gasteiger partial charge in [-0.05, 0) is 55.3 Å². The number of hydrogen-bond acceptors (Lipinski definition) is 3. The predicted molar refractivity (Wildman–Crippen MR) is 125 cm³/mol. The SMILES string of the molecule is CCOc1cc(CNc2ccc(Cl)cc2Cl)c(Br)cc1OCc1cccc(C)c1. The van der Waals surface area contributed by atoms with E-state index in [-0.39, 0.29) is 0 Å². The fourth-order valence-electron chi connectivity index (χ4n) is 2.88. The maximum atomic E-state index is 6.25. The highest BCUT2D eigenvalue weighted by Crippen LogP contribution is 2.35. The van der Waals surface area contributed by atoms with Crippen molar-refractivity contribution < 1.29 is 9.47 Å². The van der Waals surface area contributed by atoms with Crippen LogP contribution in [0.1, 0.15) is 23.6 Å². The summed E-state index contributed by atoms with van der Waals surface area (Å²) in [6.07, 6.45) is 0. The minimum absolute atomic E-state index is 0.478. The average Bonchev–Trinajstić information content (AvgIpc) is 2.68. The number of benzene rings is 3. The lowest BCUT2D eigenvalue weighted by atomic mass is 10.1. The molecule has 0 saturated carbocycles. The van der Waals surface area contributed by atoms with Crippen molar-refractivity contribution in [2.45, 2.75) is 27.0 Å². The molecule has 0 amide bonds. The first-order valence-corrected chi connectivity index (χ1v) is 10.8. The predicted octanol–water partition coefficient (Wildman–Crippen LogP) is 7.65. The molecule has 0 radical (unpaired) electrons. The van der Waals surface area contributed by atoms with Gasteiger partial charge in [-0.15, -0.1) is 0 Å². The van der Waals surface area contributed by atoms with E-state index < -0.39 is 0 Å². The molecule has 0 aliphatic rings. The lowest BCUT2D eigenvalue weighted by Gasteiger charge is -2.16. The largest absolute Gasteiger partial charge is 0.490 e. The lowest BCUT2D eigenvalue weighted by Crippen LogP contribution is -2.04. The van der Waals surface area contributed by atoms with Crippen molar-refractivity contribution in [1.29, 1.82) is 0 Å². The standard InChI is InChI=1S/C23H22BrCl2NO2/c1-3-28-22-10-17(13-27-21-8-7-18(25)11-20(21)26)19(24)12-23(22)29-14-16-6-4-5-15(2)9-16/h4-12,27H,3,13-14H2,1-2H3. The third-order valence-corrected chi connectivity index (χ3v) is 5.58. The first-order chi connectivity index (χ1) is 14.0. The molecule has 0 aliphatic heterocycles. The van der Waals surface area contributed by atoms with Crippen molar-refractivity contribution in [1.82, 2.24) is 0 Å². The Morgan fingerprint density at radius 3 is 2.48 bits per heavy atom. The second kappa shape index (κ2) is 10.2. The van der Waals surface area contributed by atoms with Gasteiger partial charge in [-0.3, -0.25) is 0 Å². The van der Waals surface area contributed by atoms with E-state index in [1.807, 2.05) is 31.2 Å². The van der Waals surface area contributed by atoms with Crippen molar-refractivity contribution in [3.05, 3.63) is 85.8 Å². The highest BCUT2D eigenvalue weighted by atomic mass is 79.9. The van der Waals surface area contributed by atoms with Crippen LogP contribution in [0.15, 0.2) is 59.1 Å². The van der Waals surface area contributed by atoms with E-state index in [4.69, 9.17) is 32.7 Å². The number of nitrogens with one attached hydrogen (secondary N) is 1. The highest BCUT2D eigenvalue weighted by molar-refractivity contribution is 9.10. The molecule has 3 aromatic carbocycles. The molecule has 1 N–H and O–H groups in total. The van der Waals surface area contributed by atoms with Gasteiger partial charge in [0.1, 0.15) is 6.61 Å². The molecule has 152 valence electrons. The summed E-state index contributed by atoms with van der Waals surface area (Å²) in [6.45, 7) is 5.63. The maximum absolute atomic E-state index is 6.25. The summed E-state index contributed by atoms with van der Waals surface area (Å²) >= 11 is 15.9. The molecule has 3 nitrogen and oxygen atoms in total. The van der Waals surface area contributed by atoms with Crippen LogP contribution < -0.4 is 14.8 Å². The van der Waals surface area contributed by atoms with Gasteiger partial charge in [-0.1, -0.05) is 69.0 Å². The van der Waals surface area contributed by atoms with Gasteiger partial charge in [0.05, 0.1) is 17.3 Å². The van der Waals surface area contributed by atoms with Crippen molar-refractivity contribution >= 4 is 44.8 Å². The van der Waals surface area contributed by atoms with E-state index in [0.29, 0.717) is 41.3 Å². The van der Waals surface area contributed by atoms with Crippen LogP contribution in [0.5, 0.6) is 11.5 Å². The summed E-state index contributed by atoms with van der Waals surface area (Å²) in [5.74, 6) is 1.41. The molecule has 3 aromatic rings. The first kappa shape index (κ1) is 21.8. The van der Waals surface area contributed by atoms with Crippen LogP contribution >= 0.6 is 39.1 Å². The molecule has 0 spiro atoms. The van der Waals surface area contributed by atoms with E-state index >= 15 is 0 Å². The van der Waals surface area contributed by atoms with E-state index in [2.05, 4.69) is 46.4 Å². The summed E-state index contributed by atoms with van der Waals surface area (Å²) in [7, 11) is 0. The molecule has 0 aliphatic carbocycles. The van der Waals surface area contributed by atoms with E-state index in [1.54, 1.807) is 12.1 Å². The summed E-state index contributed by atoms with van der Waals surface area (Å²) in [4.78, 5) is 0. The molecule has 0 unspecified atom stereocenters. The first-order valence-electron chi connectivity index (χ1n) is 9.28. The van der Waals surface area contributed by atoms with Crippen LogP contribution in [0.2, 0.25) is 10.0 Å². The van der Waals surface area contributed by atoms with Crippen LogP contribution in [-0.2, 0) is 13.2 Å². The zero-order valence-corrected chi connectivity index (χ0v) is 19.4. The number of ether oxygens (including phenoxy) is 2. The fourth-order valence-corrected chi connectivity index (χ4v) is 3.82. The van der Waals surface area contributed by atoms with Gasteiger partial charge in [0.2, 0.25) is 0 Å². The molecule has 0 atom stereocenters. The van der Waals surface area contributed by atoms with Gasteiger partial charge < -0.3 is 14.8 Å². The lowest BCUT2D eigenvalue weighted by molar-refractivity contribution is 0.269. The monoisotopic (exact) mass is 493 g/mol. The zero-order valence-electron chi connectivity index (χ0n) is 16.3. The fraction of sp³-hybridized carbons (Fsp3) is 0.217. The number of rotatable bonds is 8. The average molecular weight is 495 g/mol. The van der Waals surface area contributed by atoms with Crippen LogP contribution in [0.25, 0.3) is 0 Å². The van der Waals surface area contributed by atoms with Crippen molar-refractivity contribution in [3.8, 4) is 11.5 Å². The van der Waals surface area contributed by atoms with Gasteiger partial charge >= 0.3 is 0 Å². The molecule has 0 bridgehead atoms. The summed E-state index contributed by atoms with van der Waals surface area (Å²) in [5, 5.41) is 4.52. The Balaban J connectivity index is 1.76. The minimum Gasteiger partial charge on any atom is -0.490 e. The van der Waals surface area contributed by atoms with Gasteiger partial charge in [0, 0.05) is 16.0 Å². The molecular weight excluding hydrogens is 473 g/mol. The van der Waals surface area contributed by atoms with Crippen LogP contribution in [0, 0.1) is 6.92 Å². The second-order valence-corrected chi connectivity index (χ2v) is 8.28. The second-order valence-electron chi connectivity index (χ2n) is 6.58. The Labute approximate surface area is 190 Å². The summed E-state index contributed by atoms with van der Waals surface area (Å²) in [5.41, 5.74) is 4.18. The molecule has 6 heteroatoms. The van der Waals surface area contributed by atoms with E-state index in [0.717, 1.165) is 21.3 Å². The molecule has 0 saturated heterocycles. The zero-order chi connectivity index (χ0) is 20.8. The summed E-state index contributed by atoms with van der Waals surface area (Å²) < 4.78 is 12.8. The van der Waals surface area contributed by atoms with Gasteiger partial charge in [-0.25, -0.2) is 0 Å². The van der Waals surface area contributed by atoms with Gasteiger partial charge in [0.15, 0.2) is 11.5 Å². The summed E-state index contributed by atoms with van der Waals surface area (Å²) in [6, 6.07) is 17.6. The van der Waals surface area contributed by atoms with Crippen molar-refractivity contribution in [3.63, 3.8) is 0 Å².